The van der Waals surface area contributed by atoms with Crippen molar-refractivity contribution in [3.05, 3.63) is 95.6 Å². The SMILES string of the molecule is CC(C)Oc1ccc(C(C)(c2ccccc2)c2ccc(O)cc2)cc1. The van der Waals surface area contributed by atoms with E-state index in [1.165, 1.54) is 11.1 Å². The molecule has 0 bridgehead atoms. The van der Waals surface area contributed by atoms with Crippen LogP contribution in [0.5, 0.6) is 11.5 Å². The fraction of sp³-hybridized carbons (Fsp3) is 0.217. The minimum absolute atomic E-state index is 0.156. The maximum Gasteiger partial charge on any atom is 0.119 e. The first kappa shape index (κ1) is 17.1. The molecule has 1 atom stereocenters. The van der Waals surface area contributed by atoms with Crippen LogP contribution in [0.1, 0.15) is 37.5 Å². The minimum Gasteiger partial charge on any atom is -0.508 e. The molecule has 0 spiro atoms. The molecule has 0 radical (unpaired) electrons. The van der Waals surface area contributed by atoms with Gasteiger partial charge in [0, 0.05) is 5.41 Å². The van der Waals surface area contributed by atoms with E-state index in [2.05, 4.69) is 43.3 Å². The molecule has 3 aromatic carbocycles. The molecule has 2 nitrogen and oxygen atoms in total. The van der Waals surface area contributed by atoms with Crippen molar-refractivity contribution in [3.8, 4) is 11.5 Å². The van der Waals surface area contributed by atoms with E-state index in [0.29, 0.717) is 0 Å². The number of ether oxygens (including phenoxy) is 1. The van der Waals surface area contributed by atoms with Crippen molar-refractivity contribution in [1.82, 2.24) is 0 Å². The second-order valence-corrected chi connectivity index (χ2v) is 6.73. The molecule has 3 aromatic rings. The van der Waals surface area contributed by atoms with Crippen molar-refractivity contribution >= 4 is 0 Å². The highest BCUT2D eigenvalue weighted by Crippen LogP contribution is 2.39. The number of phenolic OH excluding ortho intramolecular Hbond substituents is 1. The number of phenols is 1. The summed E-state index contributed by atoms with van der Waals surface area (Å²) in [5, 5.41) is 9.67. The molecule has 0 aliphatic heterocycles. The van der Waals surface area contributed by atoms with Gasteiger partial charge in [0.2, 0.25) is 0 Å². The first-order valence-electron chi connectivity index (χ1n) is 8.62. The van der Waals surface area contributed by atoms with Gasteiger partial charge in [-0.3, -0.25) is 0 Å². The Labute approximate surface area is 149 Å². The van der Waals surface area contributed by atoms with E-state index in [9.17, 15) is 5.11 Å². The number of aromatic hydroxyl groups is 1. The zero-order valence-corrected chi connectivity index (χ0v) is 14.9. The highest BCUT2D eigenvalue weighted by atomic mass is 16.5. The summed E-state index contributed by atoms with van der Waals surface area (Å²) in [5.74, 6) is 1.15. The predicted octanol–water partition coefficient (Wildman–Crippen LogP) is 5.53. The van der Waals surface area contributed by atoms with Gasteiger partial charge in [-0.25, -0.2) is 0 Å². The van der Waals surface area contributed by atoms with Crippen LogP contribution in [-0.2, 0) is 5.41 Å². The van der Waals surface area contributed by atoms with Crippen LogP contribution in [0.4, 0.5) is 0 Å². The quantitative estimate of drug-likeness (QED) is 0.622. The molecule has 1 N–H and O–H groups in total. The summed E-state index contributed by atoms with van der Waals surface area (Å²) < 4.78 is 5.78. The van der Waals surface area contributed by atoms with Gasteiger partial charge in [0.15, 0.2) is 0 Å². The molecule has 1 unspecified atom stereocenters. The van der Waals surface area contributed by atoms with Crippen LogP contribution in [0.25, 0.3) is 0 Å². The summed E-state index contributed by atoms with van der Waals surface area (Å²) in [6.45, 7) is 6.27. The Balaban J connectivity index is 2.10. The maximum atomic E-state index is 9.67. The summed E-state index contributed by atoms with van der Waals surface area (Å²) in [7, 11) is 0. The molecule has 0 amide bonds. The van der Waals surface area contributed by atoms with Gasteiger partial charge in [0.25, 0.3) is 0 Å². The van der Waals surface area contributed by atoms with E-state index in [4.69, 9.17) is 4.74 Å². The van der Waals surface area contributed by atoms with Gasteiger partial charge in [-0.15, -0.1) is 0 Å². The normalized spacial score (nSPS) is 13.4. The van der Waals surface area contributed by atoms with Gasteiger partial charge >= 0.3 is 0 Å². The van der Waals surface area contributed by atoms with Gasteiger partial charge in [0.05, 0.1) is 6.10 Å². The Kier molecular flexibility index (Phi) is 4.80. The van der Waals surface area contributed by atoms with E-state index >= 15 is 0 Å². The number of hydrogen-bond donors (Lipinski definition) is 1. The molecule has 25 heavy (non-hydrogen) atoms. The third kappa shape index (κ3) is 3.53. The number of hydrogen-bond acceptors (Lipinski definition) is 2. The van der Waals surface area contributed by atoms with Gasteiger partial charge in [-0.1, -0.05) is 54.6 Å². The van der Waals surface area contributed by atoms with Crippen molar-refractivity contribution in [2.24, 2.45) is 0 Å². The summed E-state index contributed by atoms with van der Waals surface area (Å²) in [5.41, 5.74) is 3.21. The lowest BCUT2D eigenvalue weighted by molar-refractivity contribution is 0.242. The van der Waals surface area contributed by atoms with Crippen molar-refractivity contribution in [2.45, 2.75) is 32.3 Å². The zero-order valence-electron chi connectivity index (χ0n) is 14.9. The van der Waals surface area contributed by atoms with Crippen LogP contribution >= 0.6 is 0 Å². The molecule has 2 heteroatoms. The maximum absolute atomic E-state index is 9.67. The Morgan fingerprint density at radius 2 is 1.20 bits per heavy atom. The Bertz CT molecular complexity index is 805. The van der Waals surface area contributed by atoms with E-state index in [1.807, 2.05) is 44.2 Å². The average molecular weight is 332 g/mol. The van der Waals surface area contributed by atoms with Crippen molar-refractivity contribution in [3.63, 3.8) is 0 Å². The summed E-state index contributed by atoms with van der Waals surface area (Å²) >= 11 is 0. The van der Waals surface area contributed by atoms with Gasteiger partial charge in [-0.2, -0.15) is 0 Å². The molecule has 128 valence electrons. The summed E-state index contributed by atoms with van der Waals surface area (Å²) in [4.78, 5) is 0. The molecule has 0 fully saturated rings. The lowest BCUT2D eigenvalue weighted by Gasteiger charge is -2.32. The van der Waals surface area contributed by atoms with Crippen molar-refractivity contribution < 1.29 is 9.84 Å². The second kappa shape index (κ2) is 7.02. The van der Waals surface area contributed by atoms with E-state index in [-0.39, 0.29) is 17.3 Å². The van der Waals surface area contributed by atoms with Gasteiger partial charge < -0.3 is 9.84 Å². The average Bonchev–Trinajstić information content (AvgIpc) is 2.62. The van der Waals surface area contributed by atoms with E-state index in [1.54, 1.807) is 12.1 Å². The largest absolute Gasteiger partial charge is 0.508 e. The molecule has 3 rings (SSSR count). The Hall–Kier alpha value is -2.74. The fourth-order valence-corrected chi connectivity index (χ4v) is 3.21. The molecule has 0 aliphatic carbocycles. The van der Waals surface area contributed by atoms with Crippen LogP contribution in [0, 0.1) is 0 Å². The minimum atomic E-state index is -0.314. The van der Waals surface area contributed by atoms with Crippen molar-refractivity contribution in [2.75, 3.05) is 0 Å². The highest BCUT2D eigenvalue weighted by molar-refractivity contribution is 5.51. The molecular weight excluding hydrogens is 308 g/mol. The molecule has 0 saturated heterocycles. The highest BCUT2D eigenvalue weighted by Gasteiger charge is 2.31. The van der Waals surface area contributed by atoms with Gasteiger partial charge in [-0.05, 0) is 61.7 Å². The molecule has 0 heterocycles. The number of benzene rings is 3. The smallest absolute Gasteiger partial charge is 0.119 e. The zero-order chi connectivity index (χ0) is 17.9. The van der Waals surface area contributed by atoms with Crippen LogP contribution in [0.2, 0.25) is 0 Å². The Morgan fingerprint density at radius 3 is 1.72 bits per heavy atom. The van der Waals surface area contributed by atoms with Crippen molar-refractivity contribution in [1.29, 1.82) is 0 Å². The van der Waals surface area contributed by atoms with Crippen LogP contribution in [0.15, 0.2) is 78.9 Å². The molecule has 0 saturated carbocycles. The predicted molar refractivity (Wildman–Crippen MR) is 102 cm³/mol. The number of rotatable bonds is 5. The van der Waals surface area contributed by atoms with Crippen LogP contribution in [-0.4, -0.2) is 11.2 Å². The lowest BCUT2D eigenvalue weighted by atomic mass is 9.71. The first-order chi connectivity index (χ1) is 12.0. The standard InChI is InChI=1S/C23H24O2/c1-17(2)25-22-15-11-20(12-16-22)23(3,18-7-5-4-6-8-18)19-9-13-21(24)14-10-19/h4-17,24H,1-3H3. The van der Waals surface area contributed by atoms with E-state index < -0.39 is 0 Å². The molecular formula is C23H24O2. The third-order valence-electron chi connectivity index (χ3n) is 4.60. The second-order valence-electron chi connectivity index (χ2n) is 6.73. The first-order valence-corrected chi connectivity index (χ1v) is 8.62. The Morgan fingerprint density at radius 1 is 0.720 bits per heavy atom. The van der Waals surface area contributed by atoms with Crippen LogP contribution in [0.3, 0.4) is 0 Å². The molecule has 0 aliphatic rings. The third-order valence-corrected chi connectivity index (χ3v) is 4.60. The van der Waals surface area contributed by atoms with E-state index in [0.717, 1.165) is 11.3 Å². The monoisotopic (exact) mass is 332 g/mol. The topological polar surface area (TPSA) is 29.5 Å². The van der Waals surface area contributed by atoms with Gasteiger partial charge in [0.1, 0.15) is 11.5 Å². The van der Waals surface area contributed by atoms with Crippen LogP contribution < -0.4 is 4.74 Å². The molecule has 0 aromatic heterocycles. The lowest BCUT2D eigenvalue weighted by Crippen LogP contribution is -2.25. The summed E-state index contributed by atoms with van der Waals surface area (Å²) in [6.07, 6.45) is 0.156. The summed E-state index contributed by atoms with van der Waals surface area (Å²) in [6, 6.07) is 26.2. The fourth-order valence-electron chi connectivity index (χ4n) is 3.21.